The topological polar surface area (TPSA) is 29.5 Å². The maximum Gasteiger partial charge on any atom is 0.410 e. The molecule has 0 saturated carbocycles. The summed E-state index contributed by atoms with van der Waals surface area (Å²) in [6.45, 7) is 12.4. The number of hydrogen-bond acceptors (Lipinski definition) is 2. The molecule has 0 N–H and O–H groups in total. The van der Waals surface area contributed by atoms with E-state index in [1.54, 1.807) is 4.90 Å². The van der Waals surface area contributed by atoms with Crippen molar-refractivity contribution in [2.75, 3.05) is 0 Å². The van der Waals surface area contributed by atoms with Gasteiger partial charge in [-0.1, -0.05) is 56.3 Å². The summed E-state index contributed by atoms with van der Waals surface area (Å²) in [5.41, 5.74) is 1.09. The molecule has 136 valence electrons. The average Bonchev–Trinajstić information content (AvgIpc) is 2.52. The molecule has 2 aromatic carbocycles. The molecule has 0 unspecified atom stereocenters. The molecular weight excluding hydrogens is 310 g/mol. The molecule has 0 aliphatic rings. The summed E-state index contributed by atoms with van der Waals surface area (Å²) < 4.78 is 6.03. The van der Waals surface area contributed by atoms with Gasteiger partial charge in [-0.25, -0.2) is 4.79 Å². The molecule has 2 rings (SSSR count). The second-order valence-corrected chi connectivity index (χ2v) is 7.67. The molecular formula is C22H31NO2. The molecule has 0 spiro atoms. The Balaban J connectivity index is 2.37. The number of nitrogens with zero attached hydrogens (tertiary/aromatic N) is 1. The lowest BCUT2D eigenvalue weighted by molar-refractivity contribution is 0.0375. The second-order valence-electron chi connectivity index (χ2n) is 7.67. The SMILES string of the molecule is CC(C)C[C@@H](OC(=O)N(C(C)C)C(C)C)c1cccc2ccccc12. The van der Waals surface area contributed by atoms with Crippen LogP contribution in [-0.2, 0) is 4.74 Å². The summed E-state index contributed by atoms with van der Waals surface area (Å²) >= 11 is 0. The summed E-state index contributed by atoms with van der Waals surface area (Å²) in [6, 6.07) is 14.7. The van der Waals surface area contributed by atoms with E-state index in [1.807, 2.05) is 45.9 Å². The van der Waals surface area contributed by atoms with Crippen LogP contribution in [0.2, 0.25) is 0 Å². The van der Waals surface area contributed by atoms with Gasteiger partial charge in [-0.05, 0) is 50.8 Å². The summed E-state index contributed by atoms with van der Waals surface area (Å²) in [7, 11) is 0. The smallest absolute Gasteiger partial charge is 0.410 e. The number of benzene rings is 2. The van der Waals surface area contributed by atoms with E-state index in [0.29, 0.717) is 5.92 Å². The Morgan fingerprint density at radius 3 is 2.12 bits per heavy atom. The van der Waals surface area contributed by atoms with E-state index in [1.165, 1.54) is 5.39 Å². The molecule has 2 aromatic rings. The molecule has 0 aromatic heterocycles. The van der Waals surface area contributed by atoms with Crippen molar-refractivity contribution in [2.24, 2.45) is 5.92 Å². The molecule has 0 aliphatic heterocycles. The van der Waals surface area contributed by atoms with Crippen molar-refractivity contribution in [3.05, 3.63) is 48.0 Å². The van der Waals surface area contributed by atoms with Crippen molar-refractivity contribution in [2.45, 2.75) is 66.2 Å². The third-order valence-electron chi connectivity index (χ3n) is 4.42. The first-order chi connectivity index (χ1) is 11.8. The van der Waals surface area contributed by atoms with Crippen LogP contribution in [0.1, 0.15) is 59.6 Å². The van der Waals surface area contributed by atoms with Crippen LogP contribution >= 0.6 is 0 Å². The highest BCUT2D eigenvalue weighted by Gasteiger charge is 2.26. The van der Waals surface area contributed by atoms with Crippen LogP contribution in [0.4, 0.5) is 4.79 Å². The van der Waals surface area contributed by atoms with Crippen LogP contribution in [0.15, 0.2) is 42.5 Å². The van der Waals surface area contributed by atoms with Crippen LogP contribution in [0.5, 0.6) is 0 Å². The lowest BCUT2D eigenvalue weighted by atomic mass is 9.95. The molecule has 1 amide bonds. The Morgan fingerprint density at radius 2 is 1.52 bits per heavy atom. The minimum Gasteiger partial charge on any atom is -0.441 e. The average molecular weight is 341 g/mol. The number of carbonyl (C=O) groups is 1. The summed E-state index contributed by atoms with van der Waals surface area (Å²) in [4.78, 5) is 14.6. The molecule has 0 radical (unpaired) electrons. The molecule has 0 bridgehead atoms. The Morgan fingerprint density at radius 1 is 0.920 bits per heavy atom. The van der Waals surface area contributed by atoms with Crippen molar-refractivity contribution in [3.63, 3.8) is 0 Å². The Bertz CT molecular complexity index is 693. The zero-order valence-electron chi connectivity index (χ0n) is 16.3. The fourth-order valence-electron chi connectivity index (χ4n) is 3.40. The van der Waals surface area contributed by atoms with E-state index in [2.05, 4.69) is 38.1 Å². The van der Waals surface area contributed by atoms with Gasteiger partial charge >= 0.3 is 6.09 Å². The van der Waals surface area contributed by atoms with Gasteiger partial charge in [0.2, 0.25) is 0 Å². The first kappa shape index (κ1) is 19.3. The van der Waals surface area contributed by atoms with Crippen LogP contribution in [0.25, 0.3) is 10.8 Å². The van der Waals surface area contributed by atoms with Gasteiger partial charge in [-0.2, -0.15) is 0 Å². The normalized spacial score (nSPS) is 12.8. The third kappa shape index (κ3) is 4.75. The van der Waals surface area contributed by atoms with Gasteiger partial charge in [0, 0.05) is 17.6 Å². The van der Waals surface area contributed by atoms with Crippen molar-refractivity contribution >= 4 is 16.9 Å². The monoisotopic (exact) mass is 341 g/mol. The van der Waals surface area contributed by atoms with E-state index in [4.69, 9.17) is 4.74 Å². The molecule has 0 fully saturated rings. The number of amides is 1. The predicted molar refractivity (Wildman–Crippen MR) is 105 cm³/mol. The van der Waals surface area contributed by atoms with Gasteiger partial charge in [0.25, 0.3) is 0 Å². The van der Waals surface area contributed by atoms with E-state index < -0.39 is 0 Å². The molecule has 0 aliphatic carbocycles. The first-order valence-electron chi connectivity index (χ1n) is 9.27. The highest BCUT2D eigenvalue weighted by molar-refractivity contribution is 5.86. The Hall–Kier alpha value is -2.03. The summed E-state index contributed by atoms with van der Waals surface area (Å²) in [5.74, 6) is 0.434. The standard InChI is InChI=1S/C22H31NO2/c1-15(2)14-21(25-22(24)23(16(3)4)17(5)6)20-13-9-11-18-10-7-8-12-19(18)20/h7-13,15-17,21H,14H2,1-6H3/t21-/m1/s1. The highest BCUT2D eigenvalue weighted by atomic mass is 16.6. The van der Waals surface area contributed by atoms with Gasteiger partial charge in [0.15, 0.2) is 0 Å². The minimum atomic E-state index is -0.237. The van der Waals surface area contributed by atoms with Gasteiger partial charge in [-0.15, -0.1) is 0 Å². The van der Waals surface area contributed by atoms with Crippen LogP contribution in [0.3, 0.4) is 0 Å². The molecule has 0 heterocycles. The van der Waals surface area contributed by atoms with Gasteiger partial charge in [-0.3, -0.25) is 0 Å². The Kier molecular flexibility index (Phi) is 6.46. The highest BCUT2D eigenvalue weighted by Crippen LogP contribution is 2.32. The number of fused-ring (bicyclic) bond motifs is 1. The van der Waals surface area contributed by atoms with Crippen LogP contribution < -0.4 is 0 Å². The van der Waals surface area contributed by atoms with Gasteiger partial charge in [0.1, 0.15) is 6.10 Å². The zero-order valence-corrected chi connectivity index (χ0v) is 16.3. The quantitative estimate of drug-likeness (QED) is 0.627. The Labute approximate surface area is 152 Å². The number of hydrogen-bond donors (Lipinski definition) is 0. The van der Waals surface area contributed by atoms with Gasteiger partial charge < -0.3 is 9.64 Å². The largest absolute Gasteiger partial charge is 0.441 e. The summed E-state index contributed by atoms with van der Waals surface area (Å²) in [6.07, 6.45) is 0.339. The van der Waals surface area contributed by atoms with E-state index in [0.717, 1.165) is 17.4 Å². The fraction of sp³-hybridized carbons (Fsp3) is 0.500. The number of ether oxygens (including phenoxy) is 1. The van der Waals surface area contributed by atoms with E-state index >= 15 is 0 Å². The lowest BCUT2D eigenvalue weighted by Gasteiger charge is -2.32. The number of carbonyl (C=O) groups excluding carboxylic acids is 1. The molecule has 0 saturated heterocycles. The zero-order chi connectivity index (χ0) is 18.6. The van der Waals surface area contributed by atoms with Crippen molar-refractivity contribution in [1.82, 2.24) is 4.90 Å². The second kappa shape index (κ2) is 8.37. The van der Waals surface area contributed by atoms with Gasteiger partial charge in [0.05, 0.1) is 0 Å². The third-order valence-corrected chi connectivity index (χ3v) is 4.42. The van der Waals surface area contributed by atoms with Crippen molar-refractivity contribution in [1.29, 1.82) is 0 Å². The number of rotatable bonds is 6. The first-order valence-corrected chi connectivity index (χ1v) is 9.27. The molecule has 3 nitrogen and oxygen atoms in total. The van der Waals surface area contributed by atoms with Crippen LogP contribution in [-0.4, -0.2) is 23.1 Å². The molecule has 1 atom stereocenters. The molecule has 25 heavy (non-hydrogen) atoms. The van der Waals surface area contributed by atoms with Crippen molar-refractivity contribution < 1.29 is 9.53 Å². The van der Waals surface area contributed by atoms with Crippen molar-refractivity contribution in [3.8, 4) is 0 Å². The minimum absolute atomic E-state index is 0.111. The summed E-state index contributed by atoms with van der Waals surface area (Å²) in [5, 5.41) is 2.33. The lowest BCUT2D eigenvalue weighted by Crippen LogP contribution is -2.42. The molecule has 3 heteroatoms. The maximum absolute atomic E-state index is 12.8. The van der Waals surface area contributed by atoms with E-state index in [-0.39, 0.29) is 24.3 Å². The maximum atomic E-state index is 12.8. The van der Waals surface area contributed by atoms with Crippen LogP contribution in [0, 0.1) is 5.92 Å². The fourth-order valence-corrected chi connectivity index (χ4v) is 3.40. The predicted octanol–water partition coefficient (Wildman–Crippen LogP) is 6.18. The van der Waals surface area contributed by atoms with E-state index in [9.17, 15) is 4.79 Å².